The number of hydrogen-bond donors (Lipinski definition) is 0. The summed E-state index contributed by atoms with van der Waals surface area (Å²) >= 11 is 0. The van der Waals surface area contributed by atoms with Crippen molar-refractivity contribution in [2.75, 3.05) is 0 Å². The van der Waals surface area contributed by atoms with Crippen LogP contribution in [0.1, 0.15) is 74.1 Å². The van der Waals surface area contributed by atoms with Crippen molar-refractivity contribution in [1.82, 2.24) is 0 Å². The number of rotatable bonds is 6. The van der Waals surface area contributed by atoms with Gasteiger partial charge in [-0.25, -0.2) is 0 Å². The molecule has 0 aromatic heterocycles. The fourth-order valence-electron chi connectivity index (χ4n) is 1.12. The highest BCUT2D eigenvalue weighted by molar-refractivity contribution is 4.50. The molecule has 0 saturated heterocycles. The molecule has 1 unspecified atom stereocenters. The van der Waals surface area contributed by atoms with Crippen molar-refractivity contribution in [3.8, 4) is 0 Å². The maximum Gasteiger partial charge on any atom is -0.0445 e. The highest BCUT2D eigenvalue weighted by atomic mass is 14.0. The summed E-state index contributed by atoms with van der Waals surface area (Å²) in [4.78, 5) is 0. The van der Waals surface area contributed by atoms with Gasteiger partial charge >= 0.3 is 0 Å². The lowest BCUT2D eigenvalue weighted by Crippen LogP contribution is -1.91. The van der Waals surface area contributed by atoms with Crippen LogP contribution in [0.3, 0.4) is 0 Å². The molecule has 78 valence electrons. The monoisotopic (exact) mass is 174 g/mol. The van der Waals surface area contributed by atoms with E-state index >= 15 is 0 Å². The van der Waals surface area contributed by atoms with Crippen molar-refractivity contribution in [3.05, 3.63) is 0 Å². The summed E-state index contributed by atoms with van der Waals surface area (Å²) in [5.74, 6) is 0.955. The Morgan fingerprint density at radius 1 is 0.917 bits per heavy atom. The van der Waals surface area contributed by atoms with Gasteiger partial charge in [0.25, 0.3) is 0 Å². The van der Waals surface area contributed by atoms with Crippen LogP contribution in [0.25, 0.3) is 0 Å². The lowest BCUT2D eigenvalue weighted by molar-refractivity contribution is 0.477. The minimum atomic E-state index is 0. The maximum atomic E-state index is 2.35. The highest BCUT2D eigenvalue weighted by Crippen LogP contribution is 2.12. The smallest absolute Gasteiger partial charge is 0.0445 e. The van der Waals surface area contributed by atoms with Crippen molar-refractivity contribution < 1.29 is 0 Å². The molecule has 0 nitrogen and oxygen atoms in total. The third-order valence-electron chi connectivity index (χ3n) is 2.25. The molecule has 1 atom stereocenters. The van der Waals surface area contributed by atoms with E-state index in [2.05, 4.69) is 20.8 Å². The van der Waals surface area contributed by atoms with Gasteiger partial charge in [-0.15, -0.1) is 0 Å². The highest BCUT2D eigenvalue weighted by Gasteiger charge is 1.96. The third-order valence-corrected chi connectivity index (χ3v) is 2.25. The molecular weight excluding hydrogens is 144 g/mol. The predicted octanol–water partition coefficient (Wildman–Crippen LogP) is 5.28. The van der Waals surface area contributed by atoms with E-state index in [1.165, 1.54) is 38.5 Å². The molecule has 0 rings (SSSR count). The van der Waals surface area contributed by atoms with Gasteiger partial charge in [0, 0.05) is 0 Å². The second-order valence-corrected chi connectivity index (χ2v) is 3.36. The average Bonchev–Trinajstić information content (AvgIpc) is 1.98. The van der Waals surface area contributed by atoms with Gasteiger partial charge in [0.05, 0.1) is 0 Å². The van der Waals surface area contributed by atoms with Gasteiger partial charge in [-0.1, -0.05) is 74.1 Å². The van der Waals surface area contributed by atoms with Gasteiger partial charge in [0.2, 0.25) is 0 Å². The number of unbranched alkanes of at least 4 members (excludes halogenated alkanes) is 3. The fraction of sp³-hybridized carbons (Fsp3) is 1.00. The Balaban J connectivity index is -0.000000405. The second-order valence-electron chi connectivity index (χ2n) is 3.36. The molecule has 0 saturated carbocycles. The van der Waals surface area contributed by atoms with Gasteiger partial charge < -0.3 is 0 Å². The summed E-state index contributed by atoms with van der Waals surface area (Å²) in [6, 6.07) is 0. The summed E-state index contributed by atoms with van der Waals surface area (Å²) in [5.41, 5.74) is 0. The van der Waals surface area contributed by atoms with Crippen LogP contribution < -0.4 is 0 Å². The first-order valence-corrected chi connectivity index (χ1v) is 4.81. The first-order valence-electron chi connectivity index (χ1n) is 4.81. The molecule has 0 aliphatic heterocycles. The normalized spacial score (nSPS) is 11.2. The third kappa shape index (κ3) is 12.7. The van der Waals surface area contributed by atoms with Crippen LogP contribution in [-0.2, 0) is 0 Å². The SMILES string of the molecule is C.C.CCCCCCC(C)CC. The minimum absolute atomic E-state index is 0. The van der Waals surface area contributed by atoms with Crippen molar-refractivity contribution in [2.24, 2.45) is 5.92 Å². The standard InChI is InChI=1S/C10H22.2CH4/c1-4-6-7-8-9-10(3)5-2;;/h10H,4-9H2,1-3H3;2*1H4. The average molecular weight is 174 g/mol. The van der Waals surface area contributed by atoms with E-state index in [1.54, 1.807) is 0 Å². The van der Waals surface area contributed by atoms with Gasteiger partial charge in [-0.2, -0.15) is 0 Å². The minimum Gasteiger partial charge on any atom is -0.0776 e. The largest absolute Gasteiger partial charge is 0.0776 e. The molecule has 12 heavy (non-hydrogen) atoms. The maximum absolute atomic E-state index is 2.35. The molecule has 0 heteroatoms. The molecule has 0 N–H and O–H groups in total. The van der Waals surface area contributed by atoms with Crippen LogP contribution in [-0.4, -0.2) is 0 Å². The van der Waals surface area contributed by atoms with Crippen molar-refractivity contribution in [2.45, 2.75) is 74.1 Å². The van der Waals surface area contributed by atoms with Gasteiger partial charge in [-0.05, 0) is 5.92 Å². The zero-order chi connectivity index (χ0) is 7.82. The Hall–Kier alpha value is 0. The molecule has 0 aromatic carbocycles. The first-order chi connectivity index (χ1) is 4.81. The van der Waals surface area contributed by atoms with Gasteiger partial charge in [0.15, 0.2) is 0 Å². The lowest BCUT2D eigenvalue weighted by atomic mass is 10.0. The molecule has 0 aliphatic rings. The molecule has 0 bridgehead atoms. The van der Waals surface area contributed by atoms with E-state index < -0.39 is 0 Å². The lowest BCUT2D eigenvalue weighted by Gasteiger charge is -2.06. The Morgan fingerprint density at radius 2 is 1.50 bits per heavy atom. The first kappa shape index (κ1) is 17.9. The van der Waals surface area contributed by atoms with Gasteiger partial charge in [-0.3, -0.25) is 0 Å². The summed E-state index contributed by atoms with van der Waals surface area (Å²) in [6.45, 7) is 6.90. The van der Waals surface area contributed by atoms with Gasteiger partial charge in [0.1, 0.15) is 0 Å². The molecule has 0 fully saturated rings. The Bertz CT molecular complexity index is 57.1. The fourth-order valence-corrected chi connectivity index (χ4v) is 1.12. The molecule has 0 amide bonds. The van der Waals surface area contributed by atoms with E-state index in [0.29, 0.717) is 0 Å². The topological polar surface area (TPSA) is 0 Å². The van der Waals surface area contributed by atoms with E-state index in [4.69, 9.17) is 0 Å². The molecule has 0 heterocycles. The van der Waals surface area contributed by atoms with Crippen molar-refractivity contribution in [1.29, 1.82) is 0 Å². The molecule has 0 aromatic rings. The summed E-state index contributed by atoms with van der Waals surface area (Å²) in [6.07, 6.45) is 8.48. The number of hydrogen-bond acceptors (Lipinski definition) is 0. The van der Waals surface area contributed by atoms with Crippen LogP contribution in [0.4, 0.5) is 0 Å². The molecule has 0 radical (unpaired) electrons. The summed E-state index contributed by atoms with van der Waals surface area (Å²) in [5, 5.41) is 0. The van der Waals surface area contributed by atoms with E-state index in [9.17, 15) is 0 Å². The molecular formula is C12H30. The van der Waals surface area contributed by atoms with Crippen LogP contribution in [0, 0.1) is 5.92 Å². The van der Waals surface area contributed by atoms with Crippen molar-refractivity contribution in [3.63, 3.8) is 0 Å². The predicted molar refractivity (Wildman–Crippen MR) is 61.7 cm³/mol. The van der Waals surface area contributed by atoms with Crippen molar-refractivity contribution >= 4 is 0 Å². The van der Waals surface area contributed by atoms with Crippen LogP contribution in [0.2, 0.25) is 0 Å². The van der Waals surface area contributed by atoms with Crippen LogP contribution in [0.5, 0.6) is 0 Å². The Morgan fingerprint density at radius 3 is 1.92 bits per heavy atom. The zero-order valence-electron chi connectivity index (χ0n) is 7.82. The Kier molecular flexibility index (Phi) is 20.3. The second kappa shape index (κ2) is 13.6. The quantitative estimate of drug-likeness (QED) is 0.481. The van der Waals surface area contributed by atoms with E-state index in [1.807, 2.05) is 0 Å². The van der Waals surface area contributed by atoms with Crippen LogP contribution in [0.15, 0.2) is 0 Å². The zero-order valence-corrected chi connectivity index (χ0v) is 7.82. The Labute approximate surface area is 80.8 Å². The van der Waals surface area contributed by atoms with Crippen LogP contribution >= 0.6 is 0 Å². The molecule has 0 spiro atoms. The van der Waals surface area contributed by atoms with E-state index in [-0.39, 0.29) is 14.9 Å². The molecule has 0 aliphatic carbocycles. The van der Waals surface area contributed by atoms with E-state index in [0.717, 1.165) is 5.92 Å². The summed E-state index contributed by atoms with van der Waals surface area (Å²) in [7, 11) is 0. The summed E-state index contributed by atoms with van der Waals surface area (Å²) < 4.78 is 0.